The second-order valence-electron chi connectivity index (χ2n) is 6.85. The molecule has 0 aromatic heterocycles. The molecule has 116 valence electrons. The summed E-state index contributed by atoms with van der Waals surface area (Å²) in [6.45, 7) is 6.67. The molecule has 3 N–H and O–H groups in total. The summed E-state index contributed by atoms with van der Waals surface area (Å²) >= 11 is 0. The Morgan fingerprint density at radius 1 is 1.35 bits per heavy atom. The highest BCUT2D eigenvalue weighted by molar-refractivity contribution is 5.85. The maximum atomic E-state index is 12.1. The molecule has 20 heavy (non-hydrogen) atoms. The van der Waals surface area contributed by atoms with Gasteiger partial charge in [-0.2, -0.15) is 0 Å². The molecule has 1 aliphatic heterocycles. The maximum absolute atomic E-state index is 12.1. The van der Waals surface area contributed by atoms with Crippen LogP contribution in [0.2, 0.25) is 0 Å². The lowest BCUT2D eigenvalue weighted by molar-refractivity contribution is -0.131. The second-order valence-corrected chi connectivity index (χ2v) is 6.85. The van der Waals surface area contributed by atoms with Crippen LogP contribution in [0.4, 0.5) is 0 Å². The average Bonchev–Trinajstić information content (AvgIpc) is 2.84. The Labute approximate surface area is 127 Å². The van der Waals surface area contributed by atoms with Crippen molar-refractivity contribution in [3.8, 4) is 0 Å². The first-order chi connectivity index (χ1) is 8.77. The van der Waals surface area contributed by atoms with E-state index in [0.717, 1.165) is 19.3 Å². The smallest absolute Gasteiger partial charge is 0.225 e. The topological polar surface area (TPSA) is 75.4 Å². The third-order valence-corrected chi connectivity index (χ3v) is 4.13. The molecule has 6 heteroatoms. The van der Waals surface area contributed by atoms with Crippen molar-refractivity contribution in [3.05, 3.63) is 0 Å². The summed E-state index contributed by atoms with van der Waals surface area (Å²) in [6, 6.07) is 0.114. The molecule has 2 fully saturated rings. The van der Waals surface area contributed by atoms with Gasteiger partial charge in [-0.25, -0.2) is 0 Å². The van der Waals surface area contributed by atoms with E-state index in [2.05, 4.69) is 5.32 Å². The Hall–Kier alpha value is -0.810. The molecule has 3 atom stereocenters. The van der Waals surface area contributed by atoms with Crippen molar-refractivity contribution in [3.63, 3.8) is 0 Å². The number of nitrogens with two attached hydrogens (primary N) is 1. The minimum Gasteiger partial charge on any atom is -0.351 e. The molecule has 2 amide bonds. The molecule has 5 nitrogen and oxygen atoms in total. The van der Waals surface area contributed by atoms with Crippen LogP contribution in [0.15, 0.2) is 0 Å². The fourth-order valence-corrected chi connectivity index (χ4v) is 3.03. The van der Waals surface area contributed by atoms with Crippen molar-refractivity contribution >= 4 is 24.2 Å². The molecule has 2 rings (SSSR count). The van der Waals surface area contributed by atoms with Crippen LogP contribution in [0, 0.1) is 5.92 Å². The predicted octanol–water partition coefficient (Wildman–Crippen LogP) is 1.05. The van der Waals surface area contributed by atoms with Gasteiger partial charge in [-0.05, 0) is 40.0 Å². The van der Waals surface area contributed by atoms with E-state index < -0.39 is 0 Å². The van der Waals surface area contributed by atoms with Gasteiger partial charge in [-0.1, -0.05) is 0 Å². The predicted molar refractivity (Wildman–Crippen MR) is 80.6 cm³/mol. The first-order valence-corrected chi connectivity index (χ1v) is 7.14. The molecule has 1 saturated carbocycles. The molecule has 0 radical (unpaired) electrons. The first-order valence-electron chi connectivity index (χ1n) is 7.14. The minimum atomic E-state index is -0.174. The van der Waals surface area contributed by atoms with E-state index in [1.807, 2.05) is 25.7 Å². The lowest BCUT2D eigenvalue weighted by atomic mass is 10.1. The average molecular weight is 304 g/mol. The van der Waals surface area contributed by atoms with Crippen molar-refractivity contribution in [1.82, 2.24) is 10.2 Å². The van der Waals surface area contributed by atoms with Crippen LogP contribution in [0.5, 0.6) is 0 Å². The van der Waals surface area contributed by atoms with Crippen molar-refractivity contribution in [1.29, 1.82) is 0 Å². The quantitative estimate of drug-likeness (QED) is 0.801. The van der Waals surface area contributed by atoms with E-state index in [1.54, 1.807) is 0 Å². The standard InChI is InChI=1S/C14H25N3O2.ClH/c1-14(2,3)17-8-11(7-12(17)18)16-13(19)9-4-5-10(15)6-9;/h9-11H,4-8,15H2,1-3H3,(H,16,19);1H. The summed E-state index contributed by atoms with van der Waals surface area (Å²) in [4.78, 5) is 25.9. The fraction of sp³-hybridized carbons (Fsp3) is 0.857. The number of amides is 2. The summed E-state index contributed by atoms with van der Waals surface area (Å²) < 4.78 is 0. The molecule has 0 bridgehead atoms. The lowest BCUT2D eigenvalue weighted by Gasteiger charge is -2.32. The summed E-state index contributed by atoms with van der Waals surface area (Å²) in [6.07, 6.45) is 2.99. The van der Waals surface area contributed by atoms with Gasteiger partial charge in [0.1, 0.15) is 0 Å². The van der Waals surface area contributed by atoms with E-state index in [0.29, 0.717) is 13.0 Å². The number of rotatable bonds is 2. The zero-order valence-corrected chi connectivity index (χ0v) is 13.3. The van der Waals surface area contributed by atoms with Gasteiger partial charge in [0.05, 0.1) is 6.04 Å². The number of carbonyl (C=O) groups excluding carboxylic acids is 2. The van der Waals surface area contributed by atoms with E-state index in [-0.39, 0.29) is 47.8 Å². The van der Waals surface area contributed by atoms with Crippen LogP contribution < -0.4 is 11.1 Å². The Morgan fingerprint density at radius 3 is 2.45 bits per heavy atom. The number of hydrogen-bond donors (Lipinski definition) is 2. The monoisotopic (exact) mass is 303 g/mol. The van der Waals surface area contributed by atoms with Crippen molar-refractivity contribution in [2.45, 2.75) is 64.1 Å². The molecule has 2 aliphatic rings. The fourth-order valence-electron chi connectivity index (χ4n) is 3.03. The third-order valence-electron chi connectivity index (χ3n) is 4.13. The van der Waals surface area contributed by atoms with Gasteiger partial charge >= 0.3 is 0 Å². The summed E-state index contributed by atoms with van der Waals surface area (Å²) in [5, 5.41) is 3.02. The zero-order chi connectivity index (χ0) is 14.2. The van der Waals surface area contributed by atoms with Crippen LogP contribution in [0.1, 0.15) is 46.5 Å². The highest BCUT2D eigenvalue weighted by Gasteiger charge is 2.38. The van der Waals surface area contributed by atoms with Gasteiger partial charge in [0.15, 0.2) is 0 Å². The molecule has 0 aromatic rings. The maximum Gasteiger partial charge on any atom is 0.225 e. The molecule has 0 spiro atoms. The van der Waals surface area contributed by atoms with E-state index in [4.69, 9.17) is 5.73 Å². The number of nitrogens with one attached hydrogen (secondary N) is 1. The number of carbonyl (C=O) groups is 2. The van der Waals surface area contributed by atoms with E-state index in [9.17, 15) is 9.59 Å². The molecule has 1 saturated heterocycles. The molecule has 3 unspecified atom stereocenters. The molecular weight excluding hydrogens is 278 g/mol. The number of halogens is 1. The second kappa shape index (κ2) is 6.31. The zero-order valence-electron chi connectivity index (χ0n) is 12.5. The number of likely N-dealkylation sites (tertiary alicyclic amines) is 1. The third kappa shape index (κ3) is 3.85. The first kappa shape index (κ1) is 17.2. The van der Waals surface area contributed by atoms with Gasteiger partial charge in [-0.3, -0.25) is 9.59 Å². The number of hydrogen-bond acceptors (Lipinski definition) is 3. The van der Waals surface area contributed by atoms with Crippen LogP contribution in [-0.4, -0.2) is 40.9 Å². The minimum absolute atomic E-state index is 0. The Balaban J connectivity index is 0.00000200. The van der Waals surface area contributed by atoms with Crippen LogP contribution in [0.3, 0.4) is 0 Å². The number of nitrogens with zero attached hydrogens (tertiary/aromatic N) is 1. The van der Waals surface area contributed by atoms with Gasteiger partial charge < -0.3 is 16.0 Å². The summed E-state index contributed by atoms with van der Waals surface area (Å²) in [5.74, 6) is 0.233. The van der Waals surface area contributed by atoms with Crippen molar-refractivity contribution in [2.24, 2.45) is 11.7 Å². The van der Waals surface area contributed by atoms with Crippen molar-refractivity contribution in [2.75, 3.05) is 6.54 Å². The summed E-state index contributed by atoms with van der Waals surface area (Å²) in [7, 11) is 0. The van der Waals surface area contributed by atoms with Crippen molar-refractivity contribution < 1.29 is 9.59 Å². The van der Waals surface area contributed by atoms with Crippen LogP contribution in [0.25, 0.3) is 0 Å². The van der Waals surface area contributed by atoms with E-state index in [1.165, 1.54) is 0 Å². The Kier molecular flexibility index (Phi) is 5.44. The molecule has 0 aromatic carbocycles. The van der Waals surface area contributed by atoms with Gasteiger partial charge in [-0.15, -0.1) is 12.4 Å². The van der Waals surface area contributed by atoms with Gasteiger partial charge in [0.2, 0.25) is 11.8 Å². The lowest BCUT2D eigenvalue weighted by Crippen LogP contribution is -2.45. The molecular formula is C14H26ClN3O2. The van der Waals surface area contributed by atoms with Gasteiger partial charge in [0, 0.05) is 30.5 Å². The van der Waals surface area contributed by atoms with Gasteiger partial charge in [0.25, 0.3) is 0 Å². The highest BCUT2D eigenvalue weighted by atomic mass is 35.5. The van der Waals surface area contributed by atoms with E-state index >= 15 is 0 Å². The summed E-state index contributed by atoms with van der Waals surface area (Å²) in [5.41, 5.74) is 5.66. The molecule has 1 aliphatic carbocycles. The normalized spacial score (nSPS) is 30.3. The largest absolute Gasteiger partial charge is 0.351 e. The Morgan fingerprint density at radius 2 is 2.00 bits per heavy atom. The SMILES string of the molecule is CC(C)(C)N1CC(NC(=O)C2CCC(N)C2)CC1=O.Cl. The van der Waals surface area contributed by atoms with Crippen LogP contribution in [-0.2, 0) is 9.59 Å². The highest BCUT2D eigenvalue weighted by Crippen LogP contribution is 2.26. The Bertz CT molecular complexity index is 381. The van der Waals surface area contributed by atoms with Crippen LogP contribution >= 0.6 is 12.4 Å². The molecule has 1 heterocycles.